The molecule has 0 spiro atoms. The van der Waals surface area contributed by atoms with Crippen LogP contribution in [0, 0.1) is 11.8 Å². The monoisotopic (exact) mass is 406 g/mol. The standard InChI is InChI=1S/C23H22N2O3S/c26-21(17-13-7-8-14-18(17)22(27)28)25-23-24-19(15-9-3-1-4-10-15)20(29-23)16-11-5-2-6-12-16/h1-6,9-12,17-18H,7-8,13-14H2,(H,27,28)(H,24,25,26)/t17-,18+/m0/s1. The van der Waals surface area contributed by atoms with E-state index in [0.29, 0.717) is 18.0 Å². The number of carbonyl (C=O) groups is 2. The number of thiazole rings is 1. The number of amides is 1. The maximum Gasteiger partial charge on any atom is 0.307 e. The maximum absolute atomic E-state index is 12.9. The Morgan fingerprint density at radius 1 is 0.897 bits per heavy atom. The van der Waals surface area contributed by atoms with Gasteiger partial charge < -0.3 is 10.4 Å². The summed E-state index contributed by atoms with van der Waals surface area (Å²) in [4.78, 5) is 30.1. The van der Waals surface area contributed by atoms with Crippen LogP contribution in [0.2, 0.25) is 0 Å². The molecule has 5 nitrogen and oxygen atoms in total. The lowest BCUT2D eigenvalue weighted by molar-refractivity contribution is -0.147. The van der Waals surface area contributed by atoms with Crippen LogP contribution in [0.25, 0.3) is 21.7 Å². The normalized spacial score (nSPS) is 18.9. The number of nitrogens with zero attached hydrogens (tertiary/aromatic N) is 1. The fourth-order valence-electron chi connectivity index (χ4n) is 3.89. The number of nitrogens with one attached hydrogen (secondary N) is 1. The summed E-state index contributed by atoms with van der Waals surface area (Å²) in [5.41, 5.74) is 2.82. The number of carboxylic acid groups (broad SMARTS) is 1. The third kappa shape index (κ3) is 4.22. The number of anilines is 1. The summed E-state index contributed by atoms with van der Waals surface area (Å²) < 4.78 is 0. The highest BCUT2D eigenvalue weighted by Crippen LogP contribution is 2.39. The Morgan fingerprint density at radius 2 is 1.48 bits per heavy atom. The first-order valence-electron chi connectivity index (χ1n) is 9.79. The summed E-state index contributed by atoms with van der Waals surface area (Å²) in [6.07, 6.45) is 2.89. The van der Waals surface area contributed by atoms with Crippen molar-refractivity contribution < 1.29 is 14.7 Å². The van der Waals surface area contributed by atoms with Crippen molar-refractivity contribution in [2.24, 2.45) is 11.8 Å². The molecular formula is C23H22N2O3S. The lowest BCUT2D eigenvalue weighted by atomic mass is 9.79. The summed E-state index contributed by atoms with van der Waals surface area (Å²) in [6, 6.07) is 19.8. The molecule has 1 aromatic heterocycles. The summed E-state index contributed by atoms with van der Waals surface area (Å²) in [7, 11) is 0. The Hall–Kier alpha value is -2.99. The summed E-state index contributed by atoms with van der Waals surface area (Å²) in [5.74, 6) is -2.26. The zero-order valence-electron chi connectivity index (χ0n) is 15.9. The summed E-state index contributed by atoms with van der Waals surface area (Å²) in [6.45, 7) is 0. The van der Waals surface area contributed by atoms with Crippen molar-refractivity contribution in [1.29, 1.82) is 0 Å². The summed E-state index contributed by atoms with van der Waals surface area (Å²) in [5, 5.41) is 12.9. The molecule has 2 atom stereocenters. The van der Waals surface area contributed by atoms with Crippen LogP contribution >= 0.6 is 11.3 Å². The van der Waals surface area contributed by atoms with Crippen LogP contribution in [0.3, 0.4) is 0 Å². The molecule has 0 unspecified atom stereocenters. The van der Waals surface area contributed by atoms with Gasteiger partial charge in [0.1, 0.15) is 0 Å². The van der Waals surface area contributed by atoms with Gasteiger partial charge in [-0.25, -0.2) is 4.98 Å². The molecule has 0 saturated heterocycles. The Morgan fingerprint density at radius 3 is 2.10 bits per heavy atom. The minimum Gasteiger partial charge on any atom is -0.481 e. The van der Waals surface area contributed by atoms with Crippen LogP contribution in [0.4, 0.5) is 5.13 Å². The van der Waals surface area contributed by atoms with Gasteiger partial charge in [0.05, 0.1) is 22.4 Å². The van der Waals surface area contributed by atoms with Crippen LogP contribution in [-0.4, -0.2) is 22.0 Å². The number of hydrogen-bond donors (Lipinski definition) is 2. The van der Waals surface area contributed by atoms with E-state index in [1.54, 1.807) is 0 Å². The number of carboxylic acids is 1. The molecule has 148 valence electrons. The van der Waals surface area contributed by atoms with Gasteiger partial charge in [-0.15, -0.1) is 0 Å². The fraction of sp³-hybridized carbons (Fsp3) is 0.261. The molecule has 6 heteroatoms. The second-order valence-electron chi connectivity index (χ2n) is 7.25. The van der Waals surface area contributed by atoms with Gasteiger partial charge in [0.15, 0.2) is 5.13 Å². The zero-order chi connectivity index (χ0) is 20.2. The van der Waals surface area contributed by atoms with Crippen molar-refractivity contribution in [1.82, 2.24) is 4.98 Å². The second-order valence-corrected chi connectivity index (χ2v) is 8.25. The molecular weight excluding hydrogens is 384 g/mol. The van der Waals surface area contributed by atoms with E-state index in [2.05, 4.69) is 5.32 Å². The largest absolute Gasteiger partial charge is 0.481 e. The fourth-order valence-corrected chi connectivity index (χ4v) is 4.88. The molecule has 1 amide bonds. The first kappa shape index (κ1) is 19.3. The first-order valence-corrected chi connectivity index (χ1v) is 10.6. The van der Waals surface area contributed by atoms with Gasteiger partial charge in [-0.2, -0.15) is 0 Å². The van der Waals surface area contributed by atoms with Crippen molar-refractivity contribution in [2.75, 3.05) is 5.32 Å². The number of benzene rings is 2. The molecule has 29 heavy (non-hydrogen) atoms. The number of hydrogen-bond acceptors (Lipinski definition) is 4. The molecule has 1 aliphatic carbocycles. The van der Waals surface area contributed by atoms with Crippen molar-refractivity contribution in [3.8, 4) is 21.7 Å². The molecule has 2 N–H and O–H groups in total. The average molecular weight is 407 g/mol. The van der Waals surface area contributed by atoms with Gasteiger partial charge in [0, 0.05) is 5.56 Å². The van der Waals surface area contributed by atoms with Gasteiger partial charge >= 0.3 is 5.97 Å². The maximum atomic E-state index is 12.9. The Balaban J connectivity index is 1.65. The van der Waals surface area contributed by atoms with Crippen LogP contribution in [0.1, 0.15) is 25.7 Å². The van der Waals surface area contributed by atoms with E-state index in [9.17, 15) is 14.7 Å². The van der Waals surface area contributed by atoms with E-state index in [1.807, 2.05) is 60.7 Å². The van der Waals surface area contributed by atoms with Gasteiger partial charge in [-0.3, -0.25) is 9.59 Å². The van der Waals surface area contributed by atoms with Crippen LogP contribution in [0.15, 0.2) is 60.7 Å². The lowest BCUT2D eigenvalue weighted by Gasteiger charge is -2.26. The Kier molecular flexibility index (Phi) is 5.71. The van der Waals surface area contributed by atoms with Gasteiger partial charge in [-0.05, 0) is 18.4 Å². The molecule has 4 rings (SSSR count). The smallest absolute Gasteiger partial charge is 0.307 e. The van der Waals surface area contributed by atoms with E-state index in [1.165, 1.54) is 11.3 Å². The molecule has 1 saturated carbocycles. The number of rotatable bonds is 5. The minimum atomic E-state index is -0.890. The highest BCUT2D eigenvalue weighted by atomic mass is 32.1. The third-order valence-electron chi connectivity index (χ3n) is 5.36. The topological polar surface area (TPSA) is 79.3 Å². The molecule has 0 radical (unpaired) electrons. The minimum absolute atomic E-state index is 0.245. The van der Waals surface area contributed by atoms with Crippen molar-refractivity contribution in [2.45, 2.75) is 25.7 Å². The van der Waals surface area contributed by atoms with Crippen LogP contribution in [0.5, 0.6) is 0 Å². The predicted octanol–water partition coefficient (Wildman–Crippen LogP) is 5.31. The summed E-state index contributed by atoms with van der Waals surface area (Å²) >= 11 is 1.42. The van der Waals surface area contributed by atoms with Crippen molar-refractivity contribution in [3.63, 3.8) is 0 Å². The molecule has 1 fully saturated rings. The molecule has 3 aromatic rings. The Bertz CT molecular complexity index is 944. The molecule has 1 heterocycles. The van der Waals surface area contributed by atoms with E-state index < -0.39 is 17.8 Å². The van der Waals surface area contributed by atoms with E-state index in [-0.39, 0.29) is 5.91 Å². The highest BCUT2D eigenvalue weighted by Gasteiger charge is 2.36. The van der Waals surface area contributed by atoms with Crippen molar-refractivity contribution in [3.05, 3.63) is 60.7 Å². The third-order valence-corrected chi connectivity index (χ3v) is 6.38. The molecule has 0 bridgehead atoms. The number of carbonyl (C=O) groups excluding carboxylic acids is 1. The van der Waals surface area contributed by atoms with Crippen LogP contribution < -0.4 is 5.32 Å². The molecule has 2 aromatic carbocycles. The Labute approximate surface area is 173 Å². The number of aliphatic carboxylic acids is 1. The van der Waals surface area contributed by atoms with Crippen molar-refractivity contribution >= 4 is 28.3 Å². The van der Waals surface area contributed by atoms with E-state index >= 15 is 0 Å². The van der Waals surface area contributed by atoms with E-state index in [0.717, 1.165) is 34.5 Å². The van der Waals surface area contributed by atoms with Gasteiger partial charge in [-0.1, -0.05) is 84.8 Å². The second kappa shape index (κ2) is 8.57. The lowest BCUT2D eigenvalue weighted by Crippen LogP contribution is -2.36. The average Bonchev–Trinajstić information content (AvgIpc) is 3.18. The van der Waals surface area contributed by atoms with E-state index in [4.69, 9.17) is 4.98 Å². The highest BCUT2D eigenvalue weighted by molar-refractivity contribution is 7.19. The molecule has 1 aliphatic rings. The quantitative estimate of drug-likeness (QED) is 0.602. The zero-order valence-corrected chi connectivity index (χ0v) is 16.7. The SMILES string of the molecule is O=C(Nc1nc(-c2ccccc2)c(-c2ccccc2)s1)[C@H]1CCCC[C@H]1C(=O)O. The first-order chi connectivity index (χ1) is 14.1. The van der Waals surface area contributed by atoms with Crippen LogP contribution in [-0.2, 0) is 9.59 Å². The number of aromatic nitrogens is 1. The van der Waals surface area contributed by atoms with Gasteiger partial charge in [0.25, 0.3) is 0 Å². The van der Waals surface area contributed by atoms with Gasteiger partial charge in [0.2, 0.25) is 5.91 Å². The predicted molar refractivity (Wildman–Crippen MR) is 115 cm³/mol. The molecule has 0 aliphatic heterocycles.